The molecule has 2 amide bonds. The summed E-state index contributed by atoms with van der Waals surface area (Å²) in [5.74, 6) is -3.00. The lowest BCUT2D eigenvalue weighted by atomic mass is 10.1. The lowest BCUT2D eigenvalue weighted by Gasteiger charge is -2.49. The second-order valence-electron chi connectivity index (χ2n) is 12.2. The third-order valence-electron chi connectivity index (χ3n) is 8.52. The zero-order valence-corrected chi connectivity index (χ0v) is 33.2. The van der Waals surface area contributed by atoms with Crippen molar-refractivity contribution < 1.29 is 49.5 Å². The zero-order chi connectivity index (χ0) is 41.2. The Bertz CT molecular complexity index is 2530. The first kappa shape index (κ1) is 40.3. The predicted octanol–water partition coefficient (Wildman–Crippen LogP) is 6.00. The van der Waals surface area contributed by atoms with Gasteiger partial charge in [0.15, 0.2) is 39.7 Å². The number of nitrogens with two attached hydrogens (primary N) is 1. The van der Waals surface area contributed by atoms with Gasteiger partial charge in [-0.15, -0.1) is 34.9 Å². The van der Waals surface area contributed by atoms with E-state index in [-0.39, 0.29) is 61.0 Å². The van der Waals surface area contributed by atoms with Crippen LogP contribution >= 0.6 is 58.1 Å². The van der Waals surface area contributed by atoms with Gasteiger partial charge in [-0.2, -0.15) is 0 Å². The number of phenolic OH excluding ortho intramolecular Hbond substituents is 4. The lowest BCUT2D eigenvalue weighted by molar-refractivity contribution is -0.148. The normalized spacial score (nSPS) is 16.4. The number of β-lactam (4-membered cyclic amide) rings is 1. The molecule has 5 aromatic rings. The van der Waals surface area contributed by atoms with Crippen molar-refractivity contribution in [1.82, 2.24) is 25.2 Å². The fourth-order valence-electron chi connectivity index (χ4n) is 5.69. The van der Waals surface area contributed by atoms with Crippen LogP contribution in [-0.2, 0) is 25.8 Å². The minimum absolute atomic E-state index is 0.0220. The minimum atomic E-state index is -1.66. The Labute approximate surface area is 349 Å². The first-order valence-corrected chi connectivity index (χ1v) is 20.2. The highest BCUT2D eigenvalue weighted by Crippen LogP contribution is 2.44. The molecule has 1 saturated heterocycles. The van der Waals surface area contributed by atoms with Gasteiger partial charge in [-0.25, -0.2) is 19.7 Å². The number of carbonyl (C=O) groups excluding carboxylic acids is 2. The third-order valence-corrected chi connectivity index (χ3v) is 12.3. The van der Waals surface area contributed by atoms with E-state index in [1.54, 1.807) is 12.3 Å². The monoisotopic (exact) mass is 883 g/mol. The Kier molecular flexibility index (Phi) is 11.7. The number of benzene rings is 3. The van der Waals surface area contributed by atoms with Crippen LogP contribution in [0.2, 0.25) is 10.0 Å². The standard InChI is InChI=1S/C36H27Cl2N7O10S3/c37-20-8-17(24(38)28(49)27(20)48)11-54-44-25(21-14-58-35(39)41-21)30(50)42-26-32(51)45-33(55-36(52)53)18(13-57-34(26)45)12-56-31-19(16-6-7-22(46)23(47)9-16)10-40-29(43-31)15-4-2-1-3-5-15/h1-10,14,26,34,46-49H,11-13H2,(H2,39,41)(H,42,50)(H,52,53)/b44-25-/t26-,34-/m1/s1. The quantitative estimate of drug-likeness (QED) is 0.0144. The second-order valence-corrected chi connectivity index (χ2v) is 16.0. The maximum Gasteiger partial charge on any atom is 0.512 e. The van der Waals surface area contributed by atoms with Crippen molar-refractivity contribution in [1.29, 1.82) is 0 Å². The average molecular weight is 885 g/mol. The molecule has 2 aliphatic rings. The molecule has 58 heavy (non-hydrogen) atoms. The molecule has 4 heterocycles. The molecule has 0 bridgehead atoms. The maximum absolute atomic E-state index is 13.7. The highest BCUT2D eigenvalue weighted by atomic mass is 35.5. The van der Waals surface area contributed by atoms with Gasteiger partial charge in [0.25, 0.3) is 11.8 Å². The van der Waals surface area contributed by atoms with Gasteiger partial charge in [-0.1, -0.05) is 64.8 Å². The molecule has 2 aromatic heterocycles. The molecule has 0 spiro atoms. The molecule has 8 N–H and O–H groups in total. The molecule has 1 fully saturated rings. The topological polar surface area (TPSA) is 263 Å². The van der Waals surface area contributed by atoms with Crippen LogP contribution in [0, 0.1) is 0 Å². The van der Waals surface area contributed by atoms with E-state index in [1.807, 2.05) is 30.3 Å². The SMILES string of the molecule is Nc1nc(/C(=N/OCc2cc(Cl)c(O)c(O)c2Cl)C(=O)N[C@@H]2C(=O)N3C(OC(=O)O)=C(CSc4nc(-c5ccccc5)ncc4-c4ccc(O)c(O)c4)CS[C@H]23)cs1. The van der Waals surface area contributed by atoms with Gasteiger partial charge in [-0.3, -0.25) is 14.5 Å². The Morgan fingerprint density at radius 1 is 1.03 bits per heavy atom. The molecule has 0 saturated carbocycles. The Balaban J connectivity index is 1.12. The molecule has 3 aromatic carbocycles. The zero-order valence-electron chi connectivity index (χ0n) is 29.2. The molecule has 2 atom stereocenters. The number of oxime groups is 1. The maximum atomic E-state index is 13.7. The number of nitrogens with zero attached hydrogens (tertiary/aromatic N) is 5. The number of thioether (sulfide) groups is 2. The first-order valence-electron chi connectivity index (χ1n) is 16.6. The number of halogens is 2. The summed E-state index contributed by atoms with van der Waals surface area (Å²) in [5, 5.41) is 57.0. The molecule has 17 nitrogen and oxygen atoms in total. The van der Waals surface area contributed by atoms with Gasteiger partial charge in [0.05, 0.1) is 10.0 Å². The number of nitrogen functional groups attached to an aromatic ring is 1. The molecule has 298 valence electrons. The van der Waals surface area contributed by atoms with Crippen molar-refractivity contribution in [3.63, 3.8) is 0 Å². The number of anilines is 1. The number of hydrogen-bond donors (Lipinski definition) is 7. The van der Waals surface area contributed by atoms with Gasteiger partial charge >= 0.3 is 6.16 Å². The van der Waals surface area contributed by atoms with Crippen molar-refractivity contribution >= 4 is 86.9 Å². The van der Waals surface area contributed by atoms with Crippen LogP contribution in [0.3, 0.4) is 0 Å². The molecule has 7 rings (SSSR count). The summed E-state index contributed by atoms with van der Waals surface area (Å²) < 4.78 is 5.18. The number of aromatic hydroxyl groups is 4. The van der Waals surface area contributed by atoms with E-state index in [2.05, 4.69) is 20.4 Å². The molecule has 0 aliphatic carbocycles. The van der Waals surface area contributed by atoms with E-state index in [4.69, 9.17) is 43.5 Å². The fourth-order valence-corrected chi connectivity index (χ4v) is 9.13. The summed E-state index contributed by atoms with van der Waals surface area (Å²) in [7, 11) is 0. The molecular formula is C36H27Cl2N7O10S3. The summed E-state index contributed by atoms with van der Waals surface area (Å²) >= 11 is 15.5. The van der Waals surface area contributed by atoms with Crippen LogP contribution in [0.4, 0.5) is 9.93 Å². The molecule has 0 radical (unpaired) electrons. The van der Waals surface area contributed by atoms with E-state index < -0.39 is 47.5 Å². The summed E-state index contributed by atoms with van der Waals surface area (Å²) in [4.78, 5) is 59.2. The lowest BCUT2D eigenvalue weighted by Crippen LogP contribution is -2.70. The number of thiazole rings is 1. The number of carbonyl (C=O) groups is 3. The van der Waals surface area contributed by atoms with Gasteiger partial charge < -0.3 is 46.2 Å². The molecule has 22 heteroatoms. The highest BCUT2D eigenvalue weighted by Gasteiger charge is 2.54. The number of phenols is 4. The van der Waals surface area contributed by atoms with E-state index in [0.29, 0.717) is 27.6 Å². The second kappa shape index (κ2) is 16.9. The Morgan fingerprint density at radius 2 is 1.81 bits per heavy atom. The van der Waals surface area contributed by atoms with Gasteiger partial charge in [-0.05, 0) is 23.8 Å². The van der Waals surface area contributed by atoms with Crippen molar-refractivity contribution in [2.45, 2.75) is 23.0 Å². The first-order chi connectivity index (χ1) is 27.8. The van der Waals surface area contributed by atoms with Crippen molar-refractivity contribution in [2.75, 3.05) is 17.2 Å². The number of fused-ring (bicyclic) bond motifs is 1. The summed E-state index contributed by atoms with van der Waals surface area (Å²) in [6.45, 7) is -0.402. The number of carboxylic acid groups (broad SMARTS) is 1. The number of nitrogens with one attached hydrogen (secondary N) is 1. The van der Waals surface area contributed by atoms with Crippen molar-refractivity contribution in [3.8, 4) is 45.5 Å². The van der Waals surface area contributed by atoms with Crippen LogP contribution < -0.4 is 11.1 Å². The smallest absolute Gasteiger partial charge is 0.504 e. The van der Waals surface area contributed by atoms with Gasteiger partial charge in [0, 0.05) is 45.3 Å². The Morgan fingerprint density at radius 3 is 2.52 bits per heavy atom. The van der Waals surface area contributed by atoms with Gasteiger partial charge in [0.2, 0.25) is 5.88 Å². The Hall–Kier alpha value is -5.93. The van der Waals surface area contributed by atoms with Crippen LogP contribution in [0.5, 0.6) is 23.0 Å². The van der Waals surface area contributed by atoms with Gasteiger partial charge in [0.1, 0.15) is 28.7 Å². The van der Waals surface area contributed by atoms with Crippen molar-refractivity contribution in [3.05, 3.63) is 98.9 Å². The average Bonchev–Trinajstić information content (AvgIpc) is 3.65. The number of rotatable bonds is 12. The fraction of sp³-hybridized carbons (Fsp3) is 0.139. The highest BCUT2D eigenvalue weighted by molar-refractivity contribution is 8.01. The minimum Gasteiger partial charge on any atom is -0.504 e. The molecular weight excluding hydrogens is 858 g/mol. The van der Waals surface area contributed by atoms with E-state index in [1.165, 1.54) is 47.1 Å². The molecule has 0 unspecified atom stereocenters. The number of amides is 2. The number of hydrogen-bond acceptors (Lipinski definition) is 17. The van der Waals surface area contributed by atoms with Crippen LogP contribution in [0.25, 0.3) is 22.5 Å². The van der Waals surface area contributed by atoms with Crippen molar-refractivity contribution in [2.24, 2.45) is 5.16 Å². The predicted molar refractivity (Wildman–Crippen MR) is 216 cm³/mol. The number of ether oxygens (including phenoxy) is 1. The van der Waals surface area contributed by atoms with Crippen LogP contribution in [0.15, 0.2) is 87.8 Å². The van der Waals surface area contributed by atoms with E-state index in [0.717, 1.165) is 21.8 Å². The number of aromatic nitrogens is 3. The van der Waals surface area contributed by atoms with E-state index in [9.17, 15) is 39.9 Å². The van der Waals surface area contributed by atoms with E-state index >= 15 is 0 Å². The molecule has 2 aliphatic heterocycles. The summed E-state index contributed by atoms with van der Waals surface area (Å²) in [6.07, 6.45) is -0.0798. The summed E-state index contributed by atoms with van der Waals surface area (Å²) in [5.41, 5.74) is 7.79. The largest absolute Gasteiger partial charge is 0.512 e. The third kappa shape index (κ3) is 8.23. The summed E-state index contributed by atoms with van der Waals surface area (Å²) in [6, 6.07) is 13.6. The van der Waals surface area contributed by atoms with Crippen LogP contribution in [0.1, 0.15) is 11.3 Å². The van der Waals surface area contributed by atoms with Crippen LogP contribution in [-0.4, -0.2) is 92.0 Å².